The van der Waals surface area contributed by atoms with Crippen molar-refractivity contribution in [2.45, 2.75) is 0 Å². The predicted molar refractivity (Wildman–Crippen MR) is 237 cm³/mol. The molecule has 0 bridgehead atoms. The fourth-order valence-corrected chi connectivity index (χ4v) is 8.46. The van der Waals surface area contributed by atoms with Gasteiger partial charge in [-0.1, -0.05) is 164 Å². The van der Waals surface area contributed by atoms with Crippen molar-refractivity contribution >= 4 is 71.3 Å². The maximum absolute atomic E-state index is 6.87. The molecular weight excluding hydrogens is 679 g/mol. The van der Waals surface area contributed by atoms with Gasteiger partial charge < -0.3 is 9.32 Å². The van der Waals surface area contributed by atoms with Gasteiger partial charge in [-0.3, -0.25) is 0 Å². The first-order chi connectivity index (χ1) is 27.7. The Labute approximate surface area is 325 Å². The van der Waals surface area contributed by atoms with Crippen molar-refractivity contribution in [2.24, 2.45) is 0 Å². The van der Waals surface area contributed by atoms with E-state index in [-0.39, 0.29) is 0 Å². The fourth-order valence-electron chi connectivity index (χ4n) is 8.46. The fraction of sp³-hybridized carbons (Fsp3) is 0. The van der Waals surface area contributed by atoms with E-state index >= 15 is 0 Å². The van der Waals surface area contributed by atoms with Crippen LogP contribution in [0, 0.1) is 0 Å². The number of benzene rings is 10. The van der Waals surface area contributed by atoms with Gasteiger partial charge in [-0.2, -0.15) is 0 Å². The van der Waals surface area contributed by atoms with Gasteiger partial charge in [-0.15, -0.1) is 0 Å². The van der Waals surface area contributed by atoms with E-state index in [2.05, 4.69) is 217 Å². The van der Waals surface area contributed by atoms with Crippen molar-refractivity contribution in [1.29, 1.82) is 0 Å². The molecule has 11 aromatic rings. The van der Waals surface area contributed by atoms with E-state index in [0.29, 0.717) is 0 Å². The molecule has 0 aliphatic rings. The largest absolute Gasteiger partial charge is 0.455 e. The van der Waals surface area contributed by atoms with E-state index in [0.717, 1.165) is 50.0 Å². The Morgan fingerprint density at radius 1 is 0.321 bits per heavy atom. The molecule has 0 atom stereocenters. The van der Waals surface area contributed by atoms with Crippen LogP contribution >= 0.6 is 0 Å². The Morgan fingerprint density at radius 3 is 1.68 bits per heavy atom. The van der Waals surface area contributed by atoms with Gasteiger partial charge >= 0.3 is 0 Å². The summed E-state index contributed by atoms with van der Waals surface area (Å²) in [5.41, 5.74) is 12.1. The first-order valence-corrected chi connectivity index (χ1v) is 19.2. The summed E-state index contributed by atoms with van der Waals surface area (Å²) in [6.07, 6.45) is 0. The van der Waals surface area contributed by atoms with Crippen molar-refractivity contribution < 1.29 is 4.42 Å². The molecule has 1 aromatic heterocycles. The molecule has 0 fully saturated rings. The van der Waals surface area contributed by atoms with Gasteiger partial charge in [0.15, 0.2) is 0 Å². The number of rotatable bonds is 6. The minimum atomic E-state index is 0.858. The van der Waals surface area contributed by atoms with Crippen molar-refractivity contribution in [3.63, 3.8) is 0 Å². The van der Waals surface area contributed by atoms with Crippen LogP contribution in [0.4, 0.5) is 17.1 Å². The van der Waals surface area contributed by atoms with E-state index < -0.39 is 0 Å². The number of nitrogens with zero attached hydrogens (tertiary/aromatic N) is 1. The van der Waals surface area contributed by atoms with E-state index in [4.69, 9.17) is 4.42 Å². The van der Waals surface area contributed by atoms with Gasteiger partial charge in [-0.25, -0.2) is 0 Å². The molecule has 11 rings (SSSR count). The molecule has 0 radical (unpaired) electrons. The topological polar surface area (TPSA) is 16.4 Å². The summed E-state index contributed by atoms with van der Waals surface area (Å²) in [5, 5.41) is 9.32. The smallest absolute Gasteiger partial charge is 0.143 e. The molecule has 0 spiro atoms. The Hall–Kier alpha value is -7.42. The zero-order chi connectivity index (χ0) is 37.0. The molecule has 2 nitrogen and oxygen atoms in total. The second-order valence-corrected chi connectivity index (χ2v) is 14.5. The number of anilines is 3. The van der Waals surface area contributed by atoms with Crippen LogP contribution in [-0.4, -0.2) is 0 Å². The lowest BCUT2D eigenvalue weighted by molar-refractivity contribution is 0.672. The third-order valence-corrected chi connectivity index (χ3v) is 11.2. The number of hydrogen-bond acceptors (Lipinski definition) is 2. The lowest BCUT2D eigenvalue weighted by atomic mass is 9.93. The quantitative estimate of drug-likeness (QED) is 0.171. The van der Waals surface area contributed by atoms with Crippen LogP contribution in [0.5, 0.6) is 0 Å². The van der Waals surface area contributed by atoms with E-state index in [1.165, 1.54) is 54.7 Å². The van der Waals surface area contributed by atoms with Crippen molar-refractivity contribution in [3.8, 4) is 33.4 Å². The summed E-state index contributed by atoms with van der Waals surface area (Å²) < 4.78 is 6.87. The molecule has 56 heavy (non-hydrogen) atoms. The molecule has 0 aliphatic carbocycles. The highest BCUT2D eigenvalue weighted by Crippen LogP contribution is 2.47. The van der Waals surface area contributed by atoms with Crippen LogP contribution in [0.3, 0.4) is 0 Å². The third kappa shape index (κ3) is 5.42. The molecule has 2 heteroatoms. The summed E-state index contributed by atoms with van der Waals surface area (Å²) >= 11 is 0. The van der Waals surface area contributed by atoms with Crippen LogP contribution < -0.4 is 4.90 Å². The molecule has 1 heterocycles. The number of fused-ring (bicyclic) bond motifs is 7. The van der Waals surface area contributed by atoms with E-state index in [9.17, 15) is 0 Å². The second-order valence-electron chi connectivity index (χ2n) is 14.5. The molecule has 0 saturated carbocycles. The molecular formula is C54H35NO. The third-order valence-electron chi connectivity index (χ3n) is 11.2. The van der Waals surface area contributed by atoms with Gasteiger partial charge in [0.05, 0.1) is 11.1 Å². The van der Waals surface area contributed by atoms with E-state index in [1.54, 1.807) is 0 Å². The zero-order valence-corrected chi connectivity index (χ0v) is 30.6. The van der Waals surface area contributed by atoms with Crippen molar-refractivity contribution in [3.05, 3.63) is 212 Å². The predicted octanol–water partition coefficient (Wildman–Crippen LogP) is 15.5. The van der Waals surface area contributed by atoms with Crippen LogP contribution in [0.1, 0.15) is 0 Å². The average molecular weight is 714 g/mol. The minimum Gasteiger partial charge on any atom is -0.455 e. The molecule has 0 saturated heterocycles. The van der Waals surface area contributed by atoms with Gasteiger partial charge in [0.25, 0.3) is 0 Å². The SMILES string of the molecule is c1ccc(-c2ccc(-c3cccc(N(c4ccc5ccccc5c4)c4cccc5oc6c7ccccc7c(-c7ccc8ccccc8c7)cc6c45)c3)cc2)cc1. The number of furan rings is 1. The molecule has 0 amide bonds. The Kier molecular flexibility index (Phi) is 7.53. The van der Waals surface area contributed by atoms with Gasteiger partial charge in [0, 0.05) is 22.1 Å². The summed E-state index contributed by atoms with van der Waals surface area (Å²) in [6.45, 7) is 0. The highest BCUT2D eigenvalue weighted by Gasteiger charge is 2.22. The standard InChI is InChI=1S/C54H35NO/c1-2-12-36(13-3-1)39-24-26-40(27-25-39)43-18-10-19-45(33-43)55(46-31-30-38-15-5-7-17-42(38)34-46)51-22-11-23-52-53(51)50-35-49(47-20-8-9-21-48(47)54(50)56-52)44-29-28-37-14-4-6-16-41(37)32-44/h1-35H. The first-order valence-electron chi connectivity index (χ1n) is 19.2. The van der Waals surface area contributed by atoms with Gasteiger partial charge in [0.2, 0.25) is 0 Å². The normalized spacial score (nSPS) is 11.6. The Balaban J connectivity index is 1.14. The average Bonchev–Trinajstić information content (AvgIpc) is 3.66. The van der Waals surface area contributed by atoms with Crippen molar-refractivity contribution in [1.82, 2.24) is 0 Å². The zero-order valence-electron chi connectivity index (χ0n) is 30.6. The van der Waals surface area contributed by atoms with Gasteiger partial charge in [0.1, 0.15) is 11.2 Å². The lowest BCUT2D eigenvalue weighted by Crippen LogP contribution is -2.10. The monoisotopic (exact) mass is 713 g/mol. The minimum absolute atomic E-state index is 0.858. The highest BCUT2D eigenvalue weighted by atomic mass is 16.3. The van der Waals surface area contributed by atoms with Crippen LogP contribution in [0.15, 0.2) is 217 Å². The molecule has 262 valence electrons. The lowest BCUT2D eigenvalue weighted by Gasteiger charge is -2.27. The van der Waals surface area contributed by atoms with E-state index in [1.807, 2.05) is 0 Å². The summed E-state index contributed by atoms with van der Waals surface area (Å²) in [7, 11) is 0. The summed E-state index contributed by atoms with van der Waals surface area (Å²) in [5.74, 6) is 0. The summed E-state index contributed by atoms with van der Waals surface area (Å²) in [6, 6.07) is 76.5. The van der Waals surface area contributed by atoms with Crippen molar-refractivity contribution in [2.75, 3.05) is 4.90 Å². The summed E-state index contributed by atoms with van der Waals surface area (Å²) in [4.78, 5) is 2.40. The Bertz CT molecular complexity index is 3250. The molecule has 10 aromatic carbocycles. The molecule has 0 unspecified atom stereocenters. The molecule has 0 aliphatic heterocycles. The van der Waals surface area contributed by atoms with Crippen LogP contribution in [0.25, 0.3) is 87.6 Å². The first kappa shape index (κ1) is 32.0. The Morgan fingerprint density at radius 2 is 0.893 bits per heavy atom. The maximum Gasteiger partial charge on any atom is 0.143 e. The maximum atomic E-state index is 6.87. The number of hydrogen-bond donors (Lipinski definition) is 0. The molecule has 0 N–H and O–H groups in total. The van der Waals surface area contributed by atoms with Gasteiger partial charge in [-0.05, 0) is 109 Å². The van der Waals surface area contributed by atoms with Crippen LogP contribution in [0.2, 0.25) is 0 Å². The highest BCUT2D eigenvalue weighted by molar-refractivity contribution is 6.22. The van der Waals surface area contributed by atoms with Crippen LogP contribution in [-0.2, 0) is 0 Å². The second kappa shape index (κ2) is 13.2.